The van der Waals surface area contributed by atoms with Gasteiger partial charge >= 0.3 is 5.97 Å². The summed E-state index contributed by atoms with van der Waals surface area (Å²) in [5.74, 6) is -0.0921. The molecule has 3 aromatic carbocycles. The number of hydrogen-bond acceptors (Lipinski definition) is 4. The smallest absolute Gasteiger partial charge is 0.303 e. The molecule has 0 saturated heterocycles. The number of benzene rings is 3. The summed E-state index contributed by atoms with van der Waals surface area (Å²) in [4.78, 5) is 10.9. The van der Waals surface area contributed by atoms with Crippen LogP contribution in [0.3, 0.4) is 0 Å². The minimum atomic E-state index is -3.79. The van der Waals surface area contributed by atoms with Gasteiger partial charge in [0.05, 0.1) is 18.0 Å². The number of carboxylic acid groups (broad SMARTS) is 1. The number of carbonyl (C=O) groups is 1. The van der Waals surface area contributed by atoms with Crippen molar-refractivity contribution in [3.05, 3.63) is 94.5 Å². The summed E-state index contributed by atoms with van der Waals surface area (Å²) >= 11 is 5.91. The predicted molar refractivity (Wildman–Crippen MR) is 128 cm³/mol. The molecule has 0 aliphatic rings. The maximum absolute atomic E-state index is 13.1. The summed E-state index contributed by atoms with van der Waals surface area (Å²) < 4.78 is 34.1. The average Bonchev–Trinajstić information content (AvgIpc) is 2.79. The quantitative estimate of drug-likeness (QED) is 0.396. The van der Waals surface area contributed by atoms with E-state index in [0.29, 0.717) is 24.3 Å². The van der Waals surface area contributed by atoms with Crippen LogP contribution in [0.1, 0.15) is 35.6 Å². The summed E-state index contributed by atoms with van der Waals surface area (Å²) in [7, 11) is -2.20. The molecule has 0 aromatic heterocycles. The number of aliphatic carboxylic acids is 1. The van der Waals surface area contributed by atoms with E-state index in [9.17, 15) is 13.2 Å². The molecule has 1 atom stereocenters. The molecule has 2 N–H and O–H groups in total. The number of rotatable bonds is 11. The monoisotopic (exact) mass is 487 g/mol. The Kier molecular flexibility index (Phi) is 8.49. The Morgan fingerprint density at radius 1 is 0.970 bits per heavy atom. The van der Waals surface area contributed by atoms with Gasteiger partial charge in [0.25, 0.3) is 0 Å². The van der Waals surface area contributed by atoms with E-state index in [1.165, 1.54) is 12.1 Å². The standard InChI is InChI=1S/C25H26ClNO5S/c1-32-22-13-7-19(8-14-22)17-24(27-33(30,31)23-15-11-21(26)12-16-23)20-9-5-18(6-10-20)3-2-4-25(28)29/h5-16,24,27H,2-4,17H2,1H3,(H,28,29). The lowest BCUT2D eigenvalue weighted by molar-refractivity contribution is -0.137. The van der Waals surface area contributed by atoms with Gasteiger partial charge in [-0.05, 0) is 72.4 Å². The Morgan fingerprint density at radius 2 is 1.58 bits per heavy atom. The third-order valence-corrected chi connectivity index (χ3v) is 7.00. The first-order valence-electron chi connectivity index (χ1n) is 10.5. The van der Waals surface area contributed by atoms with Crippen LogP contribution >= 0.6 is 11.6 Å². The summed E-state index contributed by atoms with van der Waals surface area (Å²) in [6.07, 6.45) is 1.75. The van der Waals surface area contributed by atoms with Gasteiger partial charge in [-0.3, -0.25) is 4.79 Å². The van der Waals surface area contributed by atoms with Crippen LogP contribution in [0.5, 0.6) is 5.75 Å². The molecule has 6 nitrogen and oxygen atoms in total. The number of sulfonamides is 1. The van der Waals surface area contributed by atoms with Crippen LogP contribution in [-0.2, 0) is 27.7 Å². The van der Waals surface area contributed by atoms with Gasteiger partial charge in [-0.2, -0.15) is 0 Å². The summed E-state index contributed by atoms with van der Waals surface area (Å²) in [5.41, 5.74) is 2.76. The fourth-order valence-electron chi connectivity index (χ4n) is 3.45. The summed E-state index contributed by atoms with van der Waals surface area (Å²) in [6, 6.07) is 20.6. The second-order valence-corrected chi connectivity index (χ2v) is 9.82. The highest BCUT2D eigenvalue weighted by Crippen LogP contribution is 2.24. The van der Waals surface area contributed by atoms with Gasteiger partial charge in [-0.1, -0.05) is 48.0 Å². The molecule has 0 amide bonds. The molecule has 174 valence electrons. The summed E-state index contributed by atoms with van der Waals surface area (Å²) in [6.45, 7) is 0. The van der Waals surface area contributed by atoms with E-state index in [1.807, 2.05) is 48.5 Å². The molecule has 3 aromatic rings. The van der Waals surface area contributed by atoms with Gasteiger partial charge < -0.3 is 9.84 Å². The number of nitrogens with one attached hydrogen (secondary N) is 1. The normalized spacial score (nSPS) is 12.3. The van der Waals surface area contributed by atoms with E-state index in [4.69, 9.17) is 21.4 Å². The fraction of sp³-hybridized carbons (Fsp3) is 0.240. The highest BCUT2D eigenvalue weighted by Gasteiger charge is 2.22. The van der Waals surface area contributed by atoms with Crippen molar-refractivity contribution in [3.8, 4) is 5.75 Å². The Morgan fingerprint density at radius 3 is 2.15 bits per heavy atom. The minimum Gasteiger partial charge on any atom is -0.497 e. The number of ether oxygens (including phenoxy) is 1. The first kappa shape index (κ1) is 24.8. The van der Waals surface area contributed by atoms with Crippen molar-refractivity contribution in [2.24, 2.45) is 0 Å². The van der Waals surface area contributed by atoms with Gasteiger partial charge in [0.1, 0.15) is 5.75 Å². The summed E-state index contributed by atoms with van der Waals surface area (Å²) in [5, 5.41) is 9.28. The van der Waals surface area contributed by atoms with Crippen molar-refractivity contribution >= 4 is 27.6 Å². The van der Waals surface area contributed by atoms with Crippen molar-refractivity contribution in [1.29, 1.82) is 0 Å². The molecule has 0 fully saturated rings. The fourth-order valence-corrected chi connectivity index (χ4v) is 4.80. The second-order valence-electron chi connectivity index (χ2n) is 7.67. The molecule has 0 aliphatic heterocycles. The lowest BCUT2D eigenvalue weighted by Gasteiger charge is -2.20. The largest absolute Gasteiger partial charge is 0.497 e. The molecule has 33 heavy (non-hydrogen) atoms. The van der Waals surface area contributed by atoms with Crippen LogP contribution in [0.25, 0.3) is 0 Å². The number of carboxylic acids is 1. The Hall–Kier alpha value is -2.87. The minimum absolute atomic E-state index is 0.114. The SMILES string of the molecule is COc1ccc(CC(NS(=O)(=O)c2ccc(Cl)cc2)c2ccc(CCCC(=O)O)cc2)cc1. The number of hydrogen-bond donors (Lipinski definition) is 2. The van der Waals surface area contributed by atoms with E-state index in [-0.39, 0.29) is 11.3 Å². The van der Waals surface area contributed by atoms with Gasteiger partial charge in [0.15, 0.2) is 0 Å². The van der Waals surface area contributed by atoms with Crippen LogP contribution < -0.4 is 9.46 Å². The topological polar surface area (TPSA) is 92.7 Å². The van der Waals surface area contributed by atoms with E-state index in [1.54, 1.807) is 19.2 Å². The number of aryl methyl sites for hydroxylation is 1. The molecule has 0 bridgehead atoms. The highest BCUT2D eigenvalue weighted by atomic mass is 35.5. The zero-order valence-electron chi connectivity index (χ0n) is 18.2. The third-order valence-electron chi connectivity index (χ3n) is 5.26. The Bertz CT molecular complexity index is 1160. The van der Waals surface area contributed by atoms with Crippen LogP contribution in [0, 0.1) is 0 Å². The maximum Gasteiger partial charge on any atom is 0.303 e. The molecule has 3 rings (SSSR count). The first-order valence-corrected chi connectivity index (χ1v) is 12.3. The van der Waals surface area contributed by atoms with Crippen molar-refractivity contribution in [2.45, 2.75) is 36.6 Å². The molecule has 1 unspecified atom stereocenters. The van der Waals surface area contributed by atoms with Gasteiger partial charge in [0, 0.05) is 11.4 Å². The third kappa shape index (κ3) is 7.32. The molecule has 8 heteroatoms. The molecule has 0 saturated carbocycles. The molecule has 0 aliphatic carbocycles. The predicted octanol–water partition coefficient (Wildman–Crippen LogP) is 5.02. The molecule has 0 spiro atoms. The molecule has 0 radical (unpaired) electrons. The lowest BCUT2D eigenvalue weighted by Crippen LogP contribution is -2.30. The van der Waals surface area contributed by atoms with Crippen LogP contribution in [0.15, 0.2) is 77.7 Å². The van der Waals surface area contributed by atoms with Crippen LogP contribution in [-0.4, -0.2) is 26.6 Å². The molecule has 0 heterocycles. The molecular formula is C25H26ClNO5S. The van der Waals surface area contributed by atoms with E-state index >= 15 is 0 Å². The molecular weight excluding hydrogens is 462 g/mol. The van der Waals surface area contributed by atoms with Crippen LogP contribution in [0.4, 0.5) is 0 Å². The Balaban J connectivity index is 1.84. The first-order chi connectivity index (χ1) is 15.8. The van der Waals surface area contributed by atoms with Crippen molar-refractivity contribution in [1.82, 2.24) is 4.72 Å². The van der Waals surface area contributed by atoms with Gasteiger partial charge in [0.2, 0.25) is 10.0 Å². The van der Waals surface area contributed by atoms with Gasteiger partial charge in [-0.25, -0.2) is 13.1 Å². The van der Waals surface area contributed by atoms with E-state index in [2.05, 4.69) is 4.72 Å². The lowest BCUT2D eigenvalue weighted by atomic mass is 9.97. The number of halogens is 1. The van der Waals surface area contributed by atoms with Gasteiger partial charge in [-0.15, -0.1) is 0 Å². The van der Waals surface area contributed by atoms with Crippen molar-refractivity contribution in [2.75, 3.05) is 7.11 Å². The van der Waals surface area contributed by atoms with Crippen molar-refractivity contribution < 1.29 is 23.1 Å². The average molecular weight is 488 g/mol. The zero-order chi connectivity index (χ0) is 23.8. The van der Waals surface area contributed by atoms with Crippen molar-refractivity contribution in [3.63, 3.8) is 0 Å². The van der Waals surface area contributed by atoms with Crippen LogP contribution in [0.2, 0.25) is 5.02 Å². The maximum atomic E-state index is 13.1. The Labute approximate surface area is 199 Å². The highest BCUT2D eigenvalue weighted by molar-refractivity contribution is 7.89. The van der Waals surface area contributed by atoms with E-state index in [0.717, 1.165) is 22.4 Å². The number of methoxy groups -OCH3 is 1. The second kappa shape index (κ2) is 11.3. The zero-order valence-corrected chi connectivity index (χ0v) is 19.8. The van der Waals surface area contributed by atoms with E-state index < -0.39 is 22.0 Å².